The standard InChI is InChI=1S/C9H14O/c1-6-8-4-2-3-7(8)5-9(6)10/h6-8H,2-5H2,1H3/t6-,7+,8-/m0/s1. The Hall–Kier alpha value is -0.330. The number of ketones is 1. The number of hydrogen-bond acceptors (Lipinski definition) is 1. The lowest BCUT2D eigenvalue weighted by atomic mass is 9.94. The first kappa shape index (κ1) is 6.38. The molecule has 0 aliphatic heterocycles. The summed E-state index contributed by atoms with van der Waals surface area (Å²) in [4.78, 5) is 11.2. The van der Waals surface area contributed by atoms with Crippen molar-refractivity contribution >= 4 is 5.78 Å². The fourth-order valence-electron chi connectivity index (χ4n) is 2.66. The van der Waals surface area contributed by atoms with Gasteiger partial charge in [0.2, 0.25) is 0 Å². The Balaban J connectivity index is 2.16. The average Bonchev–Trinajstić information content (AvgIpc) is 2.41. The SMILES string of the molecule is C[C@@H]1C(=O)C[C@H]2CCC[C@H]21. The van der Waals surface area contributed by atoms with Crippen molar-refractivity contribution in [1.82, 2.24) is 0 Å². The topological polar surface area (TPSA) is 17.1 Å². The molecule has 0 aromatic heterocycles. The molecule has 2 saturated carbocycles. The van der Waals surface area contributed by atoms with Crippen LogP contribution in [-0.2, 0) is 4.79 Å². The molecule has 1 nitrogen and oxygen atoms in total. The second-order valence-electron chi connectivity index (χ2n) is 3.81. The van der Waals surface area contributed by atoms with E-state index in [4.69, 9.17) is 0 Å². The van der Waals surface area contributed by atoms with E-state index >= 15 is 0 Å². The van der Waals surface area contributed by atoms with Crippen LogP contribution in [0, 0.1) is 17.8 Å². The highest BCUT2D eigenvalue weighted by Crippen LogP contribution is 2.45. The molecule has 2 aliphatic carbocycles. The van der Waals surface area contributed by atoms with Crippen molar-refractivity contribution in [3.63, 3.8) is 0 Å². The summed E-state index contributed by atoms with van der Waals surface area (Å²) in [5.41, 5.74) is 0. The molecular formula is C9H14O. The molecule has 2 aliphatic rings. The van der Waals surface area contributed by atoms with Crippen LogP contribution in [0.15, 0.2) is 0 Å². The first-order valence-corrected chi connectivity index (χ1v) is 4.32. The largest absolute Gasteiger partial charge is 0.299 e. The maximum absolute atomic E-state index is 11.2. The van der Waals surface area contributed by atoms with E-state index in [1.54, 1.807) is 0 Å². The highest BCUT2D eigenvalue weighted by atomic mass is 16.1. The number of hydrogen-bond donors (Lipinski definition) is 0. The van der Waals surface area contributed by atoms with Crippen LogP contribution < -0.4 is 0 Å². The monoisotopic (exact) mass is 138 g/mol. The molecule has 0 spiro atoms. The molecule has 3 atom stereocenters. The Morgan fingerprint density at radius 2 is 2.20 bits per heavy atom. The summed E-state index contributed by atoms with van der Waals surface area (Å²) in [6.07, 6.45) is 4.90. The molecule has 0 aromatic rings. The predicted octanol–water partition coefficient (Wildman–Crippen LogP) is 2.01. The fourth-order valence-corrected chi connectivity index (χ4v) is 2.66. The Morgan fingerprint density at radius 1 is 1.40 bits per heavy atom. The van der Waals surface area contributed by atoms with Gasteiger partial charge in [-0.2, -0.15) is 0 Å². The lowest BCUT2D eigenvalue weighted by Crippen LogP contribution is -2.09. The number of Topliss-reactive ketones (excluding diaryl/α,β-unsaturated/α-hetero) is 1. The summed E-state index contributed by atoms with van der Waals surface area (Å²) < 4.78 is 0. The van der Waals surface area contributed by atoms with E-state index in [-0.39, 0.29) is 0 Å². The third-order valence-electron chi connectivity index (χ3n) is 3.33. The van der Waals surface area contributed by atoms with Crippen LogP contribution >= 0.6 is 0 Å². The second kappa shape index (κ2) is 2.08. The molecule has 2 rings (SSSR count). The van der Waals surface area contributed by atoms with E-state index in [1.165, 1.54) is 19.3 Å². The Bertz CT molecular complexity index is 162. The van der Waals surface area contributed by atoms with Gasteiger partial charge in [0.1, 0.15) is 5.78 Å². The highest BCUT2D eigenvalue weighted by Gasteiger charge is 2.41. The first-order chi connectivity index (χ1) is 4.79. The third-order valence-corrected chi connectivity index (χ3v) is 3.33. The molecule has 1 heteroatoms. The minimum Gasteiger partial charge on any atom is -0.299 e. The van der Waals surface area contributed by atoms with Gasteiger partial charge in [-0.1, -0.05) is 13.3 Å². The molecule has 2 fully saturated rings. The zero-order valence-corrected chi connectivity index (χ0v) is 6.47. The van der Waals surface area contributed by atoms with Gasteiger partial charge in [0.25, 0.3) is 0 Å². The molecule has 0 radical (unpaired) electrons. The van der Waals surface area contributed by atoms with E-state index in [2.05, 4.69) is 6.92 Å². The van der Waals surface area contributed by atoms with Gasteiger partial charge in [-0.15, -0.1) is 0 Å². The Kier molecular flexibility index (Phi) is 1.33. The van der Waals surface area contributed by atoms with E-state index in [0.717, 1.165) is 18.3 Å². The van der Waals surface area contributed by atoms with Crippen molar-refractivity contribution in [1.29, 1.82) is 0 Å². The van der Waals surface area contributed by atoms with Crippen LogP contribution in [0.25, 0.3) is 0 Å². The maximum Gasteiger partial charge on any atom is 0.136 e. The van der Waals surface area contributed by atoms with Crippen molar-refractivity contribution < 1.29 is 4.79 Å². The Labute approximate surface area is 61.8 Å². The minimum atomic E-state index is 0.396. The first-order valence-electron chi connectivity index (χ1n) is 4.32. The summed E-state index contributed by atoms with van der Waals surface area (Å²) in [6, 6.07) is 0. The summed E-state index contributed by atoms with van der Waals surface area (Å²) in [6.45, 7) is 2.11. The van der Waals surface area contributed by atoms with Gasteiger partial charge in [0.15, 0.2) is 0 Å². The zero-order chi connectivity index (χ0) is 7.14. The average molecular weight is 138 g/mol. The molecule has 56 valence electrons. The van der Waals surface area contributed by atoms with Crippen LogP contribution in [-0.4, -0.2) is 5.78 Å². The van der Waals surface area contributed by atoms with Gasteiger partial charge in [-0.3, -0.25) is 4.79 Å². The summed E-state index contributed by atoms with van der Waals surface area (Å²) in [7, 11) is 0. The molecule has 0 amide bonds. The van der Waals surface area contributed by atoms with Crippen molar-refractivity contribution in [3.8, 4) is 0 Å². The quantitative estimate of drug-likeness (QED) is 0.500. The van der Waals surface area contributed by atoms with E-state index in [9.17, 15) is 4.79 Å². The smallest absolute Gasteiger partial charge is 0.136 e. The summed E-state index contributed by atoms with van der Waals surface area (Å²) >= 11 is 0. The highest BCUT2D eigenvalue weighted by molar-refractivity contribution is 5.83. The van der Waals surface area contributed by atoms with Crippen molar-refractivity contribution in [2.75, 3.05) is 0 Å². The maximum atomic E-state index is 11.2. The van der Waals surface area contributed by atoms with Crippen molar-refractivity contribution in [3.05, 3.63) is 0 Å². The van der Waals surface area contributed by atoms with Crippen LogP contribution in [0.5, 0.6) is 0 Å². The molecule has 0 bridgehead atoms. The molecule has 0 saturated heterocycles. The molecule has 0 N–H and O–H groups in total. The lowest BCUT2D eigenvalue weighted by molar-refractivity contribution is -0.120. The second-order valence-corrected chi connectivity index (χ2v) is 3.81. The lowest BCUT2D eigenvalue weighted by Gasteiger charge is -2.10. The third kappa shape index (κ3) is 0.727. The van der Waals surface area contributed by atoms with E-state index < -0.39 is 0 Å². The molecule has 0 unspecified atom stereocenters. The number of carbonyl (C=O) groups is 1. The summed E-state index contributed by atoms with van der Waals surface area (Å²) in [5, 5.41) is 0. The van der Waals surface area contributed by atoms with Gasteiger partial charge in [-0.05, 0) is 24.7 Å². The zero-order valence-electron chi connectivity index (χ0n) is 6.47. The van der Waals surface area contributed by atoms with Gasteiger partial charge in [-0.25, -0.2) is 0 Å². The van der Waals surface area contributed by atoms with Crippen molar-refractivity contribution in [2.45, 2.75) is 32.6 Å². The number of fused-ring (bicyclic) bond motifs is 1. The van der Waals surface area contributed by atoms with Crippen LogP contribution in [0.1, 0.15) is 32.6 Å². The summed E-state index contributed by atoms with van der Waals surface area (Å²) in [5.74, 6) is 2.47. The molecule has 0 heterocycles. The Morgan fingerprint density at radius 3 is 2.90 bits per heavy atom. The number of carbonyl (C=O) groups excluding carboxylic acids is 1. The van der Waals surface area contributed by atoms with Gasteiger partial charge >= 0.3 is 0 Å². The van der Waals surface area contributed by atoms with Gasteiger partial charge in [0.05, 0.1) is 0 Å². The molecule has 0 aromatic carbocycles. The fraction of sp³-hybridized carbons (Fsp3) is 0.889. The predicted molar refractivity (Wildman–Crippen MR) is 39.6 cm³/mol. The van der Waals surface area contributed by atoms with E-state index in [0.29, 0.717) is 11.7 Å². The van der Waals surface area contributed by atoms with Gasteiger partial charge < -0.3 is 0 Å². The van der Waals surface area contributed by atoms with Crippen molar-refractivity contribution in [2.24, 2.45) is 17.8 Å². The van der Waals surface area contributed by atoms with Gasteiger partial charge in [0, 0.05) is 12.3 Å². The van der Waals surface area contributed by atoms with Crippen LogP contribution in [0.3, 0.4) is 0 Å². The molecule has 10 heavy (non-hydrogen) atoms. The normalized spacial score (nSPS) is 46.1. The minimum absolute atomic E-state index is 0.396. The van der Waals surface area contributed by atoms with Crippen LogP contribution in [0.4, 0.5) is 0 Å². The molecular weight excluding hydrogens is 124 g/mol. The number of rotatable bonds is 0. The van der Waals surface area contributed by atoms with E-state index in [1.807, 2.05) is 0 Å². The van der Waals surface area contributed by atoms with Crippen LogP contribution in [0.2, 0.25) is 0 Å².